The standard InChI is InChI=1S/C20H17ClFN5O/c1-12-14(10-13-6-3-2-4-7-13)18(28)27-20(24-12)25-19(26-27)23-11-15-16(21)8-5-9-17(15)22/h2-9H,10-11H2,1H3,(H2,23,24,25,26). The summed E-state index contributed by atoms with van der Waals surface area (Å²) in [6.07, 6.45) is 0.480. The highest BCUT2D eigenvalue weighted by molar-refractivity contribution is 6.31. The van der Waals surface area contributed by atoms with Gasteiger partial charge < -0.3 is 5.32 Å². The number of halogens is 2. The maximum atomic E-state index is 13.9. The average molecular weight is 398 g/mol. The predicted molar refractivity (Wildman–Crippen MR) is 106 cm³/mol. The van der Waals surface area contributed by atoms with E-state index in [1.54, 1.807) is 19.1 Å². The van der Waals surface area contributed by atoms with Crippen molar-refractivity contribution >= 4 is 23.3 Å². The van der Waals surface area contributed by atoms with Gasteiger partial charge in [0.15, 0.2) is 0 Å². The number of anilines is 1. The number of aromatic nitrogens is 4. The van der Waals surface area contributed by atoms with Crippen LogP contribution in [0.3, 0.4) is 0 Å². The average Bonchev–Trinajstić information content (AvgIpc) is 3.08. The summed E-state index contributed by atoms with van der Waals surface area (Å²) in [5.74, 6) is 0.147. The van der Waals surface area contributed by atoms with Crippen LogP contribution in [0.5, 0.6) is 0 Å². The molecule has 2 aromatic carbocycles. The third kappa shape index (κ3) is 3.48. The zero-order chi connectivity index (χ0) is 19.7. The molecule has 142 valence electrons. The van der Waals surface area contributed by atoms with Gasteiger partial charge in [0, 0.05) is 29.1 Å². The van der Waals surface area contributed by atoms with Crippen molar-refractivity contribution in [2.75, 3.05) is 5.32 Å². The number of aryl methyl sites for hydroxylation is 1. The first-order valence-corrected chi connectivity index (χ1v) is 9.09. The van der Waals surface area contributed by atoms with E-state index >= 15 is 0 Å². The lowest BCUT2D eigenvalue weighted by atomic mass is 10.1. The summed E-state index contributed by atoms with van der Waals surface area (Å²) >= 11 is 6.04. The molecule has 0 unspecified atom stereocenters. The largest absolute Gasteiger partial charge is 0.350 e. The summed E-state index contributed by atoms with van der Waals surface area (Å²) in [4.78, 5) is 21.6. The van der Waals surface area contributed by atoms with Crippen molar-refractivity contribution in [1.82, 2.24) is 19.6 Å². The lowest BCUT2D eigenvalue weighted by molar-refractivity contribution is 0.613. The molecular weight excluding hydrogens is 381 g/mol. The maximum Gasteiger partial charge on any atom is 0.277 e. The first-order chi connectivity index (χ1) is 13.5. The molecule has 2 heterocycles. The fourth-order valence-corrected chi connectivity index (χ4v) is 3.24. The van der Waals surface area contributed by atoms with Gasteiger partial charge in [0.2, 0.25) is 5.95 Å². The van der Waals surface area contributed by atoms with Crippen LogP contribution in [0, 0.1) is 12.7 Å². The normalized spacial score (nSPS) is 11.1. The molecule has 0 aliphatic carbocycles. The van der Waals surface area contributed by atoms with Crippen molar-refractivity contribution in [3.8, 4) is 0 Å². The smallest absolute Gasteiger partial charge is 0.277 e. The number of fused-ring (bicyclic) bond motifs is 1. The molecular formula is C20H17ClFN5O. The Bertz CT molecular complexity index is 1180. The topological polar surface area (TPSA) is 75.1 Å². The number of aromatic amines is 1. The highest BCUT2D eigenvalue weighted by atomic mass is 35.5. The zero-order valence-corrected chi connectivity index (χ0v) is 15.8. The fraction of sp³-hybridized carbons (Fsp3) is 0.150. The van der Waals surface area contributed by atoms with Crippen LogP contribution in [-0.4, -0.2) is 19.6 Å². The SMILES string of the molecule is Cc1nc2nc(NCc3c(F)cccc3Cl)[nH]n2c(=O)c1Cc1ccccc1. The van der Waals surface area contributed by atoms with Crippen molar-refractivity contribution in [1.29, 1.82) is 0 Å². The van der Waals surface area contributed by atoms with Crippen LogP contribution in [0.4, 0.5) is 10.3 Å². The molecule has 0 saturated heterocycles. The summed E-state index contributed by atoms with van der Waals surface area (Å²) in [5, 5.41) is 6.16. The van der Waals surface area contributed by atoms with Crippen molar-refractivity contribution in [3.05, 3.63) is 92.1 Å². The molecule has 2 N–H and O–H groups in total. The third-order valence-electron chi connectivity index (χ3n) is 4.51. The lowest BCUT2D eigenvalue weighted by Crippen LogP contribution is -2.22. The van der Waals surface area contributed by atoms with Crippen molar-refractivity contribution < 1.29 is 4.39 Å². The molecule has 0 radical (unpaired) electrons. The Labute approximate surface area is 165 Å². The Hall–Kier alpha value is -3.19. The quantitative estimate of drug-likeness (QED) is 0.538. The number of benzene rings is 2. The van der Waals surface area contributed by atoms with Gasteiger partial charge in [0.05, 0.1) is 5.69 Å². The van der Waals surface area contributed by atoms with Gasteiger partial charge >= 0.3 is 0 Å². The second-order valence-electron chi connectivity index (χ2n) is 6.40. The van der Waals surface area contributed by atoms with E-state index in [0.29, 0.717) is 34.2 Å². The number of nitrogens with one attached hydrogen (secondary N) is 2. The summed E-state index contributed by atoms with van der Waals surface area (Å²) in [5.41, 5.74) is 2.36. The third-order valence-corrected chi connectivity index (χ3v) is 4.87. The molecule has 2 aromatic heterocycles. The number of nitrogens with zero attached hydrogens (tertiary/aromatic N) is 3. The molecule has 0 spiro atoms. The second kappa shape index (κ2) is 7.44. The number of hydrogen-bond donors (Lipinski definition) is 2. The van der Waals surface area contributed by atoms with Crippen molar-refractivity contribution in [2.45, 2.75) is 19.9 Å². The molecule has 4 rings (SSSR count). The number of H-pyrrole nitrogens is 1. The van der Waals surface area contributed by atoms with Gasteiger partial charge in [-0.15, -0.1) is 0 Å². The van der Waals surface area contributed by atoms with Gasteiger partial charge in [-0.25, -0.2) is 9.37 Å². The Kier molecular flexibility index (Phi) is 4.83. The van der Waals surface area contributed by atoms with Crippen LogP contribution < -0.4 is 10.9 Å². The molecule has 0 amide bonds. The predicted octanol–water partition coefficient (Wildman–Crippen LogP) is 3.72. The van der Waals surface area contributed by atoms with Crippen LogP contribution in [0.25, 0.3) is 5.78 Å². The van der Waals surface area contributed by atoms with Gasteiger partial charge in [-0.05, 0) is 24.6 Å². The molecule has 4 aromatic rings. The van der Waals surface area contributed by atoms with Gasteiger partial charge in [-0.3, -0.25) is 9.89 Å². The van der Waals surface area contributed by atoms with E-state index in [-0.39, 0.29) is 17.9 Å². The highest BCUT2D eigenvalue weighted by Crippen LogP contribution is 2.20. The van der Waals surface area contributed by atoms with E-state index < -0.39 is 5.82 Å². The summed E-state index contributed by atoms with van der Waals surface area (Å²) in [6.45, 7) is 1.91. The first kappa shape index (κ1) is 18.2. The van der Waals surface area contributed by atoms with Crippen LogP contribution in [0.1, 0.15) is 22.4 Å². The van der Waals surface area contributed by atoms with E-state index in [1.165, 1.54) is 10.6 Å². The summed E-state index contributed by atoms with van der Waals surface area (Å²) in [6, 6.07) is 14.2. The summed E-state index contributed by atoms with van der Waals surface area (Å²) in [7, 11) is 0. The Morgan fingerprint density at radius 3 is 2.64 bits per heavy atom. The van der Waals surface area contributed by atoms with Crippen LogP contribution >= 0.6 is 11.6 Å². The van der Waals surface area contributed by atoms with Gasteiger partial charge in [0.1, 0.15) is 5.82 Å². The zero-order valence-electron chi connectivity index (χ0n) is 15.0. The molecule has 0 atom stereocenters. The lowest BCUT2D eigenvalue weighted by Gasteiger charge is -2.06. The van der Waals surface area contributed by atoms with E-state index in [9.17, 15) is 9.18 Å². The van der Waals surface area contributed by atoms with E-state index in [0.717, 1.165) is 5.56 Å². The van der Waals surface area contributed by atoms with Crippen LogP contribution in [0.2, 0.25) is 5.02 Å². The monoisotopic (exact) mass is 397 g/mol. The minimum atomic E-state index is -0.410. The van der Waals surface area contributed by atoms with E-state index in [4.69, 9.17) is 11.6 Å². The molecule has 0 aliphatic rings. The Balaban J connectivity index is 1.64. The van der Waals surface area contributed by atoms with Gasteiger partial charge in [-0.1, -0.05) is 48.0 Å². The Morgan fingerprint density at radius 1 is 1.11 bits per heavy atom. The molecule has 28 heavy (non-hydrogen) atoms. The molecule has 8 heteroatoms. The molecule has 0 saturated carbocycles. The van der Waals surface area contributed by atoms with Gasteiger partial charge in [0.25, 0.3) is 11.3 Å². The molecule has 0 fully saturated rings. The molecule has 0 bridgehead atoms. The van der Waals surface area contributed by atoms with E-state index in [1.807, 2.05) is 30.3 Å². The highest BCUT2D eigenvalue weighted by Gasteiger charge is 2.14. The van der Waals surface area contributed by atoms with Crippen molar-refractivity contribution in [3.63, 3.8) is 0 Å². The Morgan fingerprint density at radius 2 is 1.89 bits per heavy atom. The first-order valence-electron chi connectivity index (χ1n) is 8.72. The number of hydrogen-bond acceptors (Lipinski definition) is 4. The minimum absolute atomic E-state index is 0.121. The number of rotatable bonds is 5. The summed E-state index contributed by atoms with van der Waals surface area (Å²) < 4.78 is 15.2. The van der Waals surface area contributed by atoms with Crippen LogP contribution in [0.15, 0.2) is 53.3 Å². The van der Waals surface area contributed by atoms with Crippen molar-refractivity contribution in [2.24, 2.45) is 0 Å². The maximum absolute atomic E-state index is 13.9. The minimum Gasteiger partial charge on any atom is -0.350 e. The van der Waals surface area contributed by atoms with Gasteiger partial charge in [-0.2, -0.15) is 9.50 Å². The van der Waals surface area contributed by atoms with E-state index in [2.05, 4.69) is 20.4 Å². The second-order valence-corrected chi connectivity index (χ2v) is 6.81. The fourth-order valence-electron chi connectivity index (χ4n) is 3.01. The molecule has 0 aliphatic heterocycles. The molecule has 6 nitrogen and oxygen atoms in total. The van der Waals surface area contributed by atoms with Crippen LogP contribution in [-0.2, 0) is 13.0 Å².